The van der Waals surface area contributed by atoms with Gasteiger partial charge in [0, 0.05) is 13.2 Å². The van der Waals surface area contributed by atoms with E-state index in [0.29, 0.717) is 6.10 Å². The number of hydrogen-bond donors (Lipinski definition) is 0. The van der Waals surface area contributed by atoms with Crippen molar-refractivity contribution in [3.63, 3.8) is 0 Å². The number of epoxide rings is 1. The van der Waals surface area contributed by atoms with E-state index in [-0.39, 0.29) is 6.29 Å². The zero-order valence-electron chi connectivity index (χ0n) is 10.0. The van der Waals surface area contributed by atoms with Gasteiger partial charge < -0.3 is 14.2 Å². The van der Waals surface area contributed by atoms with Crippen LogP contribution in [0.3, 0.4) is 0 Å². The van der Waals surface area contributed by atoms with Crippen molar-refractivity contribution >= 4 is 0 Å². The van der Waals surface area contributed by atoms with Crippen LogP contribution < -0.4 is 0 Å². The Labute approximate surface area is 93.1 Å². The van der Waals surface area contributed by atoms with Gasteiger partial charge in [-0.25, -0.2) is 0 Å². The molecular formula is C12H24O3. The van der Waals surface area contributed by atoms with E-state index in [1.165, 1.54) is 25.7 Å². The molecule has 90 valence electrons. The van der Waals surface area contributed by atoms with Gasteiger partial charge in [0.15, 0.2) is 6.29 Å². The highest BCUT2D eigenvalue weighted by Crippen LogP contribution is 2.18. The van der Waals surface area contributed by atoms with Gasteiger partial charge >= 0.3 is 0 Å². The molecule has 1 atom stereocenters. The molecule has 1 aliphatic rings. The third-order valence-electron chi connectivity index (χ3n) is 2.57. The number of unbranched alkanes of at least 4 members (excludes halogenated alkanes) is 2. The molecule has 0 aromatic carbocycles. The van der Waals surface area contributed by atoms with Gasteiger partial charge in [-0.05, 0) is 33.1 Å². The SMILES string of the molecule is CCOC(CCCCCC1CO1)OCC. The van der Waals surface area contributed by atoms with Crippen LogP contribution in [0, 0.1) is 0 Å². The molecule has 0 radical (unpaired) electrons. The molecule has 0 aliphatic carbocycles. The Kier molecular flexibility index (Phi) is 6.98. The van der Waals surface area contributed by atoms with Crippen LogP contribution in [-0.4, -0.2) is 32.2 Å². The molecule has 0 spiro atoms. The van der Waals surface area contributed by atoms with Crippen molar-refractivity contribution < 1.29 is 14.2 Å². The van der Waals surface area contributed by atoms with Crippen LogP contribution in [0.4, 0.5) is 0 Å². The van der Waals surface area contributed by atoms with E-state index >= 15 is 0 Å². The van der Waals surface area contributed by atoms with E-state index in [1.807, 2.05) is 13.8 Å². The molecule has 1 heterocycles. The van der Waals surface area contributed by atoms with E-state index in [4.69, 9.17) is 14.2 Å². The summed E-state index contributed by atoms with van der Waals surface area (Å²) in [7, 11) is 0. The second kappa shape index (κ2) is 8.08. The minimum atomic E-state index is 0.0113. The summed E-state index contributed by atoms with van der Waals surface area (Å²) >= 11 is 0. The zero-order valence-corrected chi connectivity index (χ0v) is 10.0. The van der Waals surface area contributed by atoms with Crippen molar-refractivity contribution in [3.8, 4) is 0 Å². The van der Waals surface area contributed by atoms with Crippen LogP contribution in [0.15, 0.2) is 0 Å². The van der Waals surface area contributed by atoms with Crippen molar-refractivity contribution in [1.82, 2.24) is 0 Å². The molecule has 0 aromatic heterocycles. The van der Waals surface area contributed by atoms with E-state index in [1.54, 1.807) is 0 Å². The second-order valence-electron chi connectivity index (χ2n) is 3.93. The zero-order chi connectivity index (χ0) is 10.9. The molecule has 3 nitrogen and oxygen atoms in total. The van der Waals surface area contributed by atoms with Crippen molar-refractivity contribution in [2.45, 2.75) is 58.3 Å². The van der Waals surface area contributed by atoms with Crippen molar-refractivity contribution in [3.05, 3.63) is 0 Å². The minimum Gasteiger partial charge on any atom is -0.373 e. The molecule has 1 fully saturated rings. The largest absolute Gasteiger partial charge is 0.373 e. The van der Waals surface area contributed by atoms with Crippen LogP contribution in [0.1, 0.15) is 46.0 Å². The highest BCUT2D eigenvalue weighted by Gasteiger charge is 2.21. The van der Waals surface area contributed by atoms with Gasteiger partial charge in [-0.15, -0.1) is 0 Å². The summed E-state index contributed by atoms with van der Waals surface area (Å²) in [5.74, 6) is 0. The lowest BCUT2D eigenvalue weighted by Crippen LogP contribution is -2.17. The fourth-order valence-corrected chi connectivity index (χ4v) is 1.68. The third kappa shape index (κ3) is 6.88. The van der Waals surface area contributed by atoms with Crippen LogP contribution in [0.25, 0.3) is 0 Å². The Balaban J connectivity index is 1.89. The molecule has 1 unspecified atom stereocenters. The highest BCUT2D eigenvalue weighted by molar-refractivity contribution is 4.68. The summed E-state index contributed by atoms with van der Waals surface area (Å²) < 4.78 is 16.1. The molecule has 0 aromatic rings. The van der Waals surface area contributed by atoms with Crippen LogP contribution in [0.5, 0.6) is 0 Å². The fraction of sp³-hybridized carbons (Fsp3) is 1.00. The van der Waals surface area contributed by atoms with Crippen LogP contribution in [-0.2, 0) is 14.2 Å². The normalized spacial score (nSPS) is 19.8. The maximum atomic E-state index is 5.48. The summed E-state index contributed by atoms with van der Waals surface area (Å²) in [6.45, 7) is 6.48. The van der Waals surface area contributed by atoms with Gasteiger partial charge in [0.05, 0.1) is 12.7 Å². The Morgan fingerprint density at radius 2 is 1.80 bits per heavy atom. The van der Waals surface area contributed by atoms with Crippen molar-refractivity contribution in [2.75, 3.05) is 19.8 Å². The molecule has 1 aliphatic heterocycles. The first-order valence-corrected chi connectivity index (χ1v) is 6.21. The average Bonchev–Trinajstić information content (AvgIpc) is 3.02. The van der Waals surface area contributed by atoms with Gasteiger partial charge in [0.2, 0.25) is 0 Å². The van der Waals surface area contributed by atoms with Crippen molar-refractivity contribution in [1.29, 1.82) is 0 Å². The Bertz CT molecular complexity index is 140. The molecule has 0 saturated carbocycles. The minimum absolute atomic E-state index is 0.0113. The third-order valence-corrected chi connectivity index (χ3v) is 2.57. The van der Waals surface area contributed by atoms with E-state index in [0.717, 1.165) is 26.2 Å². The molecule has 1 rings (SSSR count). The molecule has 0 N–H and O–H groups in total. The van der Waals surface area contributed by atoms with E-state index in [2.05, 4.69) is 0 Å². The first-order chi connectivity index (χ1) is 7.36. The molecule has 1 saturated heterocycles. The van der Waals surface area contributed by atoms with Crippen molar-refractivity contribution in [2.24, 2.45) is 0 Å². The quantitative estimate of drug-likeness (QED) is 0.319. The van der Waals surface area contributed by atoms with Crippen LogP contribution >= 0.6 is 0 Å². The summed E-state index contributed by atoms with van der Waals surface area (Å²) in [6, 6.07) is 0. The topological polar surface area (TPSA) is 31.0 Å². The first-order valence-electron chi connectivity index (χ1n) is 6.21. The number of ether oxygens (including phenoxy) is 3. The summed E-state index contributed by atoms with van der Waals surface area (Å²) in [5, 5.41) is 0. The van der Waals surface area contributed by atoms with Gasteiger partial charge in [-0.2, -0.15) is 0 Å². The van der Waals surface area contributed by atoms with Crippen LogP contribution in [0.2, 0.25) is 0 Å². The lowest BCUT2D eigenvalue weighted by atomic mass is 10.1. The monoisotopic (exact) mass is 216 g/mol. The first kappa shape index (κ1) is 12.9. The Morgan fingerprint density at radius 1 is 1.13 bits per heavy atom. The van der Waals surface area contributed by atoms with E-state index in [9.17, 15) is 0 Å². The second-order valence-corrected chi connectivity index (χ2v) is 3.93. The molecule has 0 amide bonds. The fourth-order valence-electron chi connectivity index (χ4n) is 1.68. The lowest BCUT2D eigenvalue weighted by molar-refractivity contribution is -0.140. The predicted octanol–water partition coefficient (Wildman–Crippen LogP) is 2.73. The van der Waals surface area contributed by atoms with Gasteiger partial charge in [0.25, 0.3) is 0 Å². The summed E-state index contributed by atoms with van der Waals surface area (Å²) in [5.41, 5.74) is 0. The molecule has 3 heteroatoms. The highest BCUT2D eigenvalue weighted by atomic mass is 16.7. The lowest BCUT2D eigenvalue weighted by Gasteiger charge is -2.16. The maximum absolute atomic E-state index is 5.48. The Morgan fingerprint density at radius 3 is 2.33 bits per heavy atom. The summed E-state index contributed by atoms with van der Waals surface area (Å²) in [4.78, 5) is 0. The molecule has 15 heavy (non-hydrogen) atoms. The smallest absolute Gasteiger partial charge is 0.157 e. The van der Waals surface area contributed by atoms with Gasteiger partial charge in [0.1, 0.15) is 0 Å². The predicted molar refractivity (Wildman–Crippen MR) is 59.9 cm³/mol. The molecular weight excluding hydrogens is 192 g/mol. The number of hydrogen-bond acceptors (Lipinski definition) is 3. The van der Waals surface area contributed by atoms with Gasteiger partial charge in [-0.1, -0.05) is 12.8 Å². The average molecular weight is 216 g/mol. The van der Waals surface area contributed by atoms with E-state index < -0.39 is 0 Å². The number of rotatable bonds is 10. The Hall–Kier alpha value is -0.120. The maximum Gasteiger partial charge on any atom is 0.157 e. The molecule has 0 bridgehead atoms. The van der Waals surface area contributed by atoms with Gasteiger partial charge in [-0.3, -0.25) is 0 Å². The standard InChI is InChI=1S/C12H24O3/c1-3-13-12(14-4-2)9-7-5-6-8-11-10-15-11/h11-12H,3-10H2,1-2H3. The summed E-state index contributed by atoms with van der Waals surface area (Å²) in [6.07, 6.45) is 6.57.